The number of aromatic nitrogens is 2. The van der Waals surface area contributed by atoms with Crippen LogP contribution in [0.25, 0.3) is 0 Å². The molecule has 1 saturated carbocycles. The highest BCUT2D eigenvalue weighted by Crippen LogP contribution is 2.30. The van der Waals surface area contributed by atoms with Crippen LogP contribution in [0, 0.1) is 9.49 Å². The van der Waals surface area contributed by atoms with Crippen molar-refractivity contribution in [2.75, 3.05) is 18.5 Å². The second-order valence-corrected chi connectivity index (χ2v) is 5.81. The van der Waals surface area contributed by atoms with E-state index in [2.05, 4.69) is 44.5 Å². The Bertz CT molecular complexity index is 371. The lowest BCUT2D eigenvalue weighted by Crippen LogP contribution is -2.43. The van der Waals surface area contributed by atoms with Gasteiger partial charge < -0.3 is 10.6 Å². The molecule has 1 heterocycles. The van der Waals surface area contributed by atoms with E-state index in [4.69, 9.17) is 5.73 Å². The van der Waals surface area contributed by atoms with Gasteiger partial charge in [0, 0.05) is 19.3 Å². The van der Waals surface area contributed by atoms with E-state index < -0.39 is 0 Å². The maximum absolute atomic E-state index is 5.89. The molecule has 1 aromatic heterocycles. The standard InChI is InChI=1S/C12H19IN4/c1-17(12-10(13)7-15-8-16-12)11-5-3-2-4-9(11)6-14/h7-9,11H,2-6,14H2,1H3. The van der Waals surface area contributed by atoms with Crippen molar-refractivity contribution in [1.82, 2.24) is 9.97 Å². The zero-order valence-electron chi connectivity index (χ0n) is 10.1. The Hall–Kier alpha value is -0.430. The number of hydrogen-bond acceptors (Lipinski definition) is 4. The lowest BCUT2D eigenvalue weighted by atomic mass is 9.84. The van der Waals surface area contributed by atoms with Crippen molar-refractivity contribution in [3.8, 4) is 0 Å². The van der Waals surface area contributed by atoms with Gasteiger partial charge in [0.15, 0.2) is 0 Å². The molecule has 1 fully saturated rings. The first-order valence-electron chi connectivity index (χ1n) is 6.12. The molecule has 2 atom stereocenters. The predicted octanol–water partition coefficient (Wildman–Crippen LogP) is 2.03. The van der Waals surface area contributed by atoms with Crippen LogP contribution in [0.5, 0.6) is 0 Å². The summed E-state index contributed by atoms with van der Waals surface area (Å²) in [7, 11) is 2.13. The van der Waals surface area contributed by atoms with Crippen molar-refractivity contribution in [3.63, 3.8) is 0 Å². The fourth-order valence-corrected chi connectivity index (χ4v) is 3.38. The molecular weight excluding hydrogens is 327 g/mol. The Morgan fingerprint density at radius 3 is 2.94 bits per heavy atom. The monoisotopic (exact) mass is 346 g/mol. The first-order valence-corrected chi connectivity index (χ1v) is 7.20. The fourth-order valence-electron chi connectivity index (χ4n) is 2.70. The average molecular weight is 346 g/mol. The first kappa shape index (κ1) is 13.0. The van der Waals surface area contributed by atoms with E-state index in [1.165, 1.54) is 25.7 Å². The van der Waals surface area contributed by atoms with E-state index in [1.54, 1.807) is 6.33 Å². The summed E-state index contributed by atoms with van der Waals surface area (Å²) in [4.78, 5) is 10.7. The topological polar surface area (TPSA) is 55.0 Å². The summed E-state index contributed by atoms with van der Waals surface area (Å²) < 4.78 is 1.11. The molecule has 2 rings (SSSR count). The van der Waals surface area contributed by atoms with E-state index in [-0.39, 0.29) is 0 Å². The van der Waals surface area contributed by atoms with Gasteiger partial charge in [0.1, 0.15) is 12.1 Å². The van der Waals surface area contributed by atoms with Gasteiger partial charge in [-0.15, -0.1) is 0 Å². The smallest absolute Gasteiger partial charge is 0.145 e. The molecule has 1 aliphatic carbocycles. The van der Waals surface area contributed by atoms with E-state index in [9.17, 15) is 0 Å². The third-order valence-corrected chi connectivity index (χ3v) is 4.41. The van der Waals surface area contributed by atoms with E-state index >= 15 is 0 Å². The molecule has 0 aromatic carbocycles. The Labute approximate surface area is 116 Å². The second kappa shape index (κ2) is 5.95. The molecule has 94 valence electrons. The highest BCUT2D eigenvalue weighted by Gasteiger charge is 2.28. The SMILES string of the molecule is CN(c1ncncc1I)C1CCCCC1CN. The van der Waals surface area contributed by atoms with E-state index in [0.717, 1.165) is 15.9 Å². The largest absolute Gasteiger partial charge is 0.355 e. The molecule has 0 spiro atoms. The molecule has 4 nitrogen and oxygen atoms in total. The molecule has 0 radical (unpaired) electrons. The quantitative estimate of drug-likeness (QED) is 0.851. The maximum atomic E-state index is 5.89. The maximum Gasteiger partial charge on any atom is 0.145 e. The molecule has 0 bridgehead atoms. The van der Waals surface area contributed by atoms with Crippen LogP contribution < -0.4 is 10.6 Å². The zero-order valence-corrected chi connectivity index (χ0v) is 12.3. The molecule has 5 heteroatoms. The highest BCUT2D eigenvalue weighted by molar-refractivity contribution is 14.1. The van der Waals surface area contributed by atoms with Gasteiger partial charge in [0.2, 0.25) is 0 Å². The van der Waals surface area contributed by atoms with Crippen LogP contribution in [-0.4, -0.2) is 29.6 Å². The Morgan fingerprint density at radius 1 is 1.47 bits per heavy atom. The van der Waals surface area contributed by atoms with Crippen LogP contribution in [0.3, 0.4) is 0 Å². The van der Waals surface area contributed by atoms with Gasteiger partial charge in [-0.3, -0.25) is 0 Å². The zero-order chi connectivity index (χ0) is 12.3. The van der Waals surface area contributed by atoms with Gasteiger partial charge in [-0.1, -0.05) is 12.8 Å². The van der Waals surface area contributed by atoms with Gasteiger partial charge in [-0.05, 0) is 47.9 Å². The summed E-state index contributed by atoms with van der Waals surface area (Å²) in [6.45, 7) is 0.774. The van der Waals surface area contributed by atoms with Gasteiger partial charge in [0.05, 0.1) is 3.57 Å². The van der Waals surface area contributed by atoms with Crippen LogP contribution in [0.1, 0.15) is 25.7 Å². The Balaban J connectivity index is 2.18. The molecule has 0 aliphatic heterocycles. The van der Waals surface area contributed by atoms with Gasteiger partial charge in [0.25, 0.3) is 0 Å². The second-order valence-electron chi connectivity index (χ2n) is 4.65. The molecule has 1 aromatic rings. The fraction of sp³-hybridized carbons (Fsp3) is 0.667. The molecule has 0 amide bonds. The molecular formula is C12H19IN4. The van der Waals surface area contributed by atoms with Gasteiger partial charge in [-0.25, -0.2) is 9.97 Å². The summed E-state index contributed by atoms with van der Waals surface area (Å²) in [5.41, 5.74) is 5.89. The van der Waals surface area contributed by atoms with Gasteiger partial charge >= 0.3 is 0 Å². The van der Waals surface area contributed by atoms with E-state index in [0.29, 0.717) is 12.0 Å². The molecule has 2 N–H and O–H groups in total. The van der Waals surface area contributed by atoms with Crippen molar-refractivity contribution in [2.24, 2.45) is 11.7 Å². The Kier molecular flexibility index (Phi) is 4.55. The van der Waals surface area contributed by atoms with Crippen LogP contribution in [0.4, 0.5) is 5.82 Å². The van der Waals surface area contributed by atoms with Crippen molar-refractivity contribution in [1.29, 1.82) is 0 Å². The minimum Gasteiger partial charge on any atom is -0.355 e. The van der Waals surface area contributed by atoms with Crippen molar-refractivity contribution in [2.45, 2.75) is 31.7 Å². The Morgan fingerprint density at radius 2 is 2.24 bits per heavy atom. The molecule has 0 saturated heterocycles. The minimum atomic E-state index is 0.525. The number of halogens is 1. The highest BCUT2D eigenvalue weighted by atomic mass is 127. The number of rotatable bonds is 3. The van der Waals surface area contributed by atoms with Crippen molar-refractivity contribution >= 4 is 28.4 Å². The number of anilines is 1. The van der Waals surface area contributed by atoms with Crippen molar-refractivity contribution < 1.29 is 0 Å². The third-order valence-electron chi connectivity index (χ3n) is 3.65. The predicted molar refractivity (Wildman–Crippen MR) is 78.0 cm³/mol. The number of nitrogens with two attached hydrogens (primary N) is 1. The van der Waals surface area contributed by atoms with Gasteiger partial charge in [-0.2, -0.15) is 0 Å². The number of hydrogen-bond donors (Lipinski definition) is 1. The van der Waals surface area contributed by atoms with Crippen LogP contribution >= 0.6 is 22.6 Å². The summed E-state index contributed by atoms with van der Waals surface area (Å²) in [6.07, 6.45) is 8.56. The summed E-state index contributed by atoms with van der Waals surface area (Å²) in [5, 5.41) is 0. The van der Waals surface area contributed by atoms with Crippen LogP contribution in [0.15, 0.2) is 12.5 Å². The summed E-state index contributed by atoms with van der Waals surface area (Å²) in [5.74, 6) is 1.63. The lowest BCUT2D eigenvalue weighted by Gasteiger charge is -2.38. The summed E-state index contributed by atoms with van der Waals surface area (Å²) >= 11 is 2.29. The lowest BCUT2D eigenvalue weighted by molar-refractivity contribution is 0.305. The van der Waals surface area contributed by atoms with Crippen LogP contribution in [0.2, 0.25) is 0 Å². The molecule has 17 heavy (non-hydrogen) atoms. The molecule has 2 unspecified atom stereocenters. The first-order chi connectivity index (χ1) is 8.24. The summed E-state index contributed by atoms with van der Waals surface area (Å²) in [6, 6.07) is 0.525. The normalized spacial score (nSPS) is 24.6. The molecule has 1 aliphatic rings. The third kappa shape index (κ3) is 2.88. The van der Waals surface area contributed by atoms with Crippen molar-refractivity contribution in [3.05, 3.63) is 16.1 Å². The number of nitrogens with zero attached hydrogens (tertiary/aromatic N) is 3. The minimum absolute atomic E-state index is 0.525. The van der Waals surface area contributed by atoms with E-state index in [1.807, 2.05) is 6.20 Å². The van der Waals surface area contributed by atoms with Crippen LogP contribution in [-0.2, 0) is 0 Å². The average Bonchev–Trinajstić information content (AvgIpc) is 2.38.